The maximum Gasteiger partial charge on any atom is 0.224 e. The molecule has 84 valence electrons. The van der Waals surface area contributed by atoms with E-state index < -0.39 is 0 Å². The number of carbonyl (C=O) groups is 1. The van der Waals surface area contributed by atoms with Gasteiger partial charge in [-0.25, -0.2) is 0 Å². The van der Waals surface area contributed by atoms with Gasteiger partial charge in [-0.05, 0) is 19.8 Å². The summed E-state index contributed by atoms with van der Waals surface area (Å²) in [6.07, 6.45) is 2.95. The fourth-order valence-corrected chi connectivity index (χ4v) is 1.72. The average Bonchev–Trinajstić information content (AvgIpc) is 2.51. The van der Waals surface area contributed by atoms with E-state index in [2.05, 4.69) is 5.32 Å². The van der Waals surface area contributed by atoms with Crippen LogP contribution in [0, 0.1) is 5.92 Å². The molecule has 0 aromatic heterocycles. The van der Waals surface area contributed by atoms with Crippen molar-refractivity contribution in [1.29, 1.82) is 0 Å². The molecule has 0 radical (unpaired) electrons. The topological polar surface area (TPSA) is 81.1 Å². The third kappa shape index (κ3) is 3.44. The van der Waals surface area contributed by atoms with E-state index in [4.69, 9.17) is 11.5 Å². The van der Waals surface area contributed by atoms with Crippen molar-refractivity contribution in [3.05, 3.63) is 0 Å². The first kappa shape index (κ1) is 13.7. The van der Waals surface area contributed by atoms with Gasteiger partial charge in [0.1, 0.15) is 0 Å². The van der Waals surface area contributed by atoms with Gasteiger partial charge in [0.2, 0.25) is 5.91 Å². The summed E-state index contributed by atoms with van der Waals surface area (Å²) in [5.41, 5.74) is 11.2. The van der Waals surface area contributed by atoms with Crippen LogP contribution >= 0.6 is 12.4 Å². The number of hydrogen-bond acceptors (Lipinski definition) is 3. The Morgan fingerprint density at radius 1 is 1.57 bits per heavy atom. The Hall–Kier alpha value is -0.320. The Morgan fingerprint density at radius 3 is 2.64 bits per heavy atom. The van der Waals surface area contributed by atoms with Crippen LogP contribution in [-0.2, 0) is 4.79 Å². The zero-order valence-corrected chi connectivity index (χ0v) is 9.35. The van der Waals surface area contributed by atoms with Gasteiger partial charge < -0.3 is 16.8 Å². The lowest BCUT2D eigenvalue weighted by Gasteiger charge is -2.18. The van der Waals surface area contributed by atoms with E-state index in [-0.39, 0.29) is 36.3 Å². The second kappa shape index (κ2) is 6.22. The van der Waals surface area contributed by atoms with E-state index in [0.717, 1.165) is 19.3 Å². The first-order valence-electron chi connectivity index (χ1n) is 4.91. The largest absolute Gasteiger partial charge is 0.352 e. The highest BCUT2D eigenvalue weighted by atomic mass is 35.5. The monoisotopic (exact) mass is 221 g/mol. The summed E-state index contributed by atoms with van der Waals surface area (Å²) in [4.78, 5) is 11.6. The molecule has 0 aromatic rings. The Balaban J connectivity index is 0.00000169. The van der Waals surface area contributed by atoms with E-state index in [1.807, 2.05) is 6.92 Å². The van der Waals surface area contributed by atoms with Crippen molar-refractivity contribution in [3.63, 3.8) is 0 Å². The summed E-state index contributed by atoms with van der Waals surface area (Å²) in [5, 5.41) is 2.86. The number of rotatable bonds is 3. The van der Waals surface area contributed by atoms with Crippen LogP contribution in [0.25, 0.3) is 0 Å². The van der Waals surface area contributed by atoms with Crippen LogP contribution in [-0.4, -0.2) is 24.5 Å². The molecule has 0 heterocycles. The first-order chi connectivity index (χ1) is 6.15. The zero-order valence-electron chi connectivity index (χ0n) is 8.53. The molecule has 5 N–H and O–H groups in total. The third-order valence-electron chi connectivity index (χ3n) is 2.65. The van der Waals surface area contributed by atoms with Crippen molar-refractivity contribution in [3.8, 4) is 0 Å². The molecular weight excluding hydrogens is 202 g/mol. The lowest BCUT2D eigenvalue weighted by Crippen LogP contribution is -2.44. The van der Waals surface area contributed by atoms with Crippen LogP contribution in [0.4, 0.5) is 0 Å². The van der Waals surface area contributed by atoms with Gasteiger partial charge in [-0.3, -0.25) is 4.79 Å². The van der Waals surface area contributed by atoms with Gasteiger partial charge in [-0.15, -0.1) is 12.4 Å². The SMILES string of the molecule is C[C@H](CN)NC(=O)C1CCCC1N.Cl. The van der Waals surface area contributed by atoms with E-state index in [0.29, 0.717) is 6.54 Å². The molecular formula is C9H20ClN3O. The van der Waals surface area contributed by atoms with E-state index in [1.165, 1.54) is 0 Å². The lowest BCUT2D eigenvalue weighted by molar-refractivity contribution is -0.125. The predicted octanol–water partition coefficient (Wildman–Crippen LogP) is -0.001000. The molecule has 2 unspecified atom stereocenters. The minimum absolute atomic E-state index is 0. The summed E-state index contributed by atoms with van der Waals surface area (Å²) in [6.45, 7) is 2.38. The van der Waals surface area contributed by atoms with Crippen molar-refractivity contribution in [2.24, 2.45) is 17.4 Å². The van der Waals surface area contributed by atoms with Gasteiger partial charge in [0.05, 0.1) is 5.92 Å². The van der Waals surface area contributed by atoms with Crippen molar-refractivity contribution >= 4 is 18.3 Å². The summed E-state index contributed by atoms with van der Waals surface area (Å²) < 4.78 is 0. The molecule has 0 aromatic carbocycles. The van der Waals surface area contributed by atoms with Crippen LogP contribution in [0.3, 0.4) is 0 Å². The molecule has 14 heavy (non-hydrogen) atoms. The standard InChI is InChI=1S/C9H19N3O.ClH/c1-6(5-10)12-9(13)7-3-2-4-8(7)11;/h6-8H,2-5,10-11H2,1H3,(H,12,13);1H/t6-,7?,8?;/m1./s1. The molecule has 1 saturated carbocycles. The minimum atomic E-state index is 0. The van der Waals surface area contributed by atoms with Crippen molar-refractivity contribution in [2.75, 3.05) is 6.54 Å². The number of nitrogens with one attached hydrogen (secondary N) is 1. The summed E-state index contributed by atoms with van der Waals surface area (Å²) in [7, 11) is 0. The van der Waals surface area contributed by atoms with Crippen LogP contribution in [0.15, 0.2) is 0 Å². The molecule has 1 aliphatic carbocycles. The molecule has 1 aliphatic rings. The average molecular weight is 222 g/mol. The molecule has 4 nitrogen and oxygen atoms in total. The Labute approximate surface area is 91.2 Å². The molecule has 1 rings (SSSR count). The zero-order chi connectivity index (χ0) is 9.84. The van der Waals surface area contributed by atoms with Crippen LogP contribution in [0.1, 0.15) is 26.2 Å². The second-order valence-corrected chi connectivity index (χ2v) is 3.85. The van der Waals surface area contributed by atoms with E-state index >= 15 is 0 Å². The van der Waals surface area contributed by atoms with Crippen LogP contribution in [0.2, 0.25) is 0 Å². The van der Waals surface area contributed by atoms with Gasteiger partial charge in [0.25, 0.3) is 0 Å². The van der Waals surface area contributed by atoms with Gasteiger partial charge in [0.15, 0.2) is 0 Å². The van der Waals surface area contributed by atoms with Gasteiger partial charge in [-0.1, -0.05) is 6.42 Å². The summed E-state index contributed by atoms with van der Waals surface area (Å²) in [5.74, 6) is 0.0805. The molecule has 1 amide bonds. The maximum atomic E-state index is 11.6. The van der Waals surface area contributed by atoms with E-state index in [1.54, 1.807) is 0 Å². The number of nitrogens with two attached hydrogens (primary N) is 2. The Bertz CT molecular complexity index is 189. The number of carbonyl (C=O) groups excluding carboxylic acids is 1. The number of hydrogen-bond donors (Lipinski definition) is 3. The molecule has 1 fully saturated rings. The highest BCUT2D eigenvalue weighted by Gasteiger charge is 2.30. The first-order valence-corrected chi connectivity index (χ1v) is 4.91. The molecule has 0 bridgehead atoms. The van der Waals surface area contributed by atoms with Crippen molar-refractivity contribution < 1.29 is 4.79 Å². The third-order valence-corrected chi connectivity index (χ3v) is 2.65. The summed E-state index contributed by atoms with van der Waals surface area (Å²) >= 11 is 0. The normalized spacial score (nSPS) is 27.9. The minimum Gasteiger partial charge on any atom is -0.352 e. The molecule has 0 spiro atoms. The van der Waals surface area contributed by atoms with Crippen molar-refractivity contribution in [1.82, 2.24) is 5.32 Å². The Kier molecular flexibility index (Phi) is 6.08. The molecule has 0 aliphatic heterocycles. The highest BCUT2D eigenvalue weighted by molar-refractivity contribution is 5.85. The number of halogens is 1. The predicted molar refractivity (Wildman–Crippen MR) is 59.2 cm³/mol. The van der Waals surface area contributed by atoms with Crippen LogP contribution < -0.4 is 16.8 Å². The fourth-order valence-electron chi connectivity index (χ4n) is 1.72. The van der Waals surface area contributed by atoms with Gasteiger partial charge in [0, 0.05) is 18.6 Å². The van der Waals surface area contributed by atoms with E-state index in [9.17, 15) is 4.79 Å². The van der Waals surface area contributed by atoms with Crippen LogP contribution in [0.5, 0.6) is 0 Å². The summed E-state index contributed by atoms with van der Waals surface area (Å²) in [6, 6.07) is 0.102. The van der Waals surface area contributed by atoms with Crippen molar-refractivity contribution in [2.45, 2.75) is 38.3 Å². The Morgan fingerprint density at radius 2 is 2.21 bits per heavy atom. The fraction of sp³-hybridized carbons (Fsp3) is 0.889. The lowest BCUT2D eigenvalue weighted by atomic mass is 10.0. The molecule has 0 saturated heterocycles. The maximum absolute atomic E-state index is 11.6. The molecule has 5 heteroatoms. The second-order valence-electron chi connectivity index (χ2n) is 3.85. The number of amides is 1. The highest BCUT2D eigenvalue weighted by Crippen LogP contribution is 2.23. The quantitative estimate of drug-likeness (QED) is 0.628. The van der Waals surface area contributed by atoms with Gasteiger partial charge in [-0.2, -0.15) is 0 Å². The molecule has 3 atom stereocenters. The van der Waals surface area contributed by atoms with Gasteiger partial charge >= 0.3 is 0 Å². The smallest absolute Gasteiger partial charge is 0.224 e.